The van der Waals surface area contributed by atoms with Crippen molar-refractivity contribution < 1.29 is 9.32 Å². The average Bonchev–Trinajstić information content (AvgIpc) is 3.22. The molecule has 1 aliphatic heterocycles. The smallest absolute Gasteiger partial charge is 0.259 e. The van der Waals surface area contributed by atoms with Gasteiger partial charge in [-0.15, -0.1) is 11.3 Å². The Labute approximate surface area is 162 Å². The van der Waals surface area contributed by atoms with Gasteiger partial charge in [-0.2, -0.15) is 0 Å². The second-order valence-electron chi connectivity index (χ2n) is 7.19. The van der Waals surface area contributed by atoms with Gasteiger partial charge in [-0.05, 0) is 52.8 Å². The fraction of sp³-hybridized carbons (Fsp3) is 0.450. The zero-order chi connectivity index (χ0) is 19.1. The number of hydrogen-bond donors (Lipinski definition) is 1. The molecule has 6 nitrogen and oxygen atoms in total. The predicted octanol–water partition coefficient (Wildman–Crippen LogP) is 3.70. The van der Waals surface area contributed by atoms with Crippen molar-refractivity contribution in [1.82, 2.24) is 20.4 Å². The van der Waals surface area contributed by atoms with E-state index < -0.39 is 0 Å². The molecule has 0 aromatic carbocycles. The molecule has 1 fully saturated rings. The maximum atomic E-state index is 13.3. The van der Waals surface area contributed by atoms with Crippen LogP contribution in [0, 0.1) is 20.8 Å². The lowest BCUT2D eigenvalue weighted by Gasteiger charge is -2.32. The van der Waals surface area contributed by atoms with Gasteiger partial charge >= 0.3 is 0 Å². The molecule has 4 rings (SSSR count). The molecule has 27 heavy (non-hydrogen) atoms. The molecular weight excluding hydrogens is 360 g/mol. The molecule has 0 atom stereocenters. The summed E-state index contributed by atoms with van der Waals surface area (Å²) in [4.78, 5) is 22.3. The lowest BCUT2D eigenvalue weighted by molar-refractivity contribution is 0.0709. The molecule has 3 aromatic rings. The highest BCUT2D eigenvalue weighted by Crippen LogP contribution is 2.33. The minimum absolute atomic E-state index is 0.0362. The van der Waals surface area contributed by atoms with Gasteiger partial charge in [0.15, 0.2) is 0 Å². The van der Waals surface area contributed by atoms with Crippen molar-refractivity contribution in [2.45, 2.75) is 39.7 Å². The molecule has 4 heterocycles. The number of likely N-dealkylation sites (tertiary alicyclic amines) is 1. The number of aromatic nitrogens is 2. The van der Waals surface area contributed by atoms with Gasteiger partial charge in [0, 0.05) is 34.4 Å². The zero-order valence-electron chi connectivity index (χ0n) is 16.1. The molecule has 7 heteroatoms. The molecule has 3 aromatic heterocycles. The lowest BCUT2D eigenvalue weighted by Crippen LogP contribution is -2.44. The van der Waals surface area contributed by atoms with Gasteiger partial charge in [-0.3, -0.25) is 4.79 Å². The SMILES string of the molecule is CNC1CCN(C(=O)c2cc(-c3cc(C)sc3C)nc3onc(C)c23)CC1. The normalized spacial score (nSPS) is 15.6. The fourth-order valence-corrected chi connectivity index (χ4v) is 4.76. The van der Waals surface area contributed by atoms with E-state index in [-0.39, 0.29) is 5.91 Å². The van der Waals surface area contributed by atoms with Crippen LogP contribution in [-0.2, 0) is 0 Å². The van der Waals surface area contributed by atoms with E-state index in [0.29, 0.717) is 23.0 Å². The molecular formula is C20H24N4O2S. The van der Waals surface area contributed by atoms with Crippen LogP contribution in [0.1, 0.15) is 38.6 Å². The van der Waals surface area contributed by atoms with E-state index in [1.54, 1.807) is 11.3 Å². The molecule has 1 aliphatic rings. The summed E-state index contributed by atoms with van der Waals surface area (Å²) < 4.78 is 5.43. The van der Waals surface area contributed by atoms with E-state index >= 15 is 0 Å². The molecule has 0 unspecified atom stereocenters. The van der Waals surface area contributed by atoms with Crippen molar-refractivity contribution in [3.63, 3.8) is 0 Å². The van der Waals surface area contributed by atoms with Crippen LogP contribution in [0.25, 0.3) is 22.4 Å². The van der Waals surface area contributed by atoms with Crippen molar-refractivity contribution in [2.24, 2.45) is 0 Å². The maximum Gasteiger partial charge on any atom is 0.259 e. The number of fused-ring (bicyclic) bond motifs is 1. The molecule has 142 valence electrons. The van der Waals surface area contributed by atoms with Crippen molar-refractivity contribution >= 4 is 28.3 Å². The Bertz CT molecular complexity index is 999. The fourth-order valence-electron chi connectivity index (χ4n) is 3.83. The largest absolute Gasteiger partial charge is 0.339 e. The van der Waals surface area contributed by atoms with Crippen LogP contribution >= 0.6 is 11.3 Å². The highest BCUT2D eigenvalue weighted by atomic mass is 32.1. The number of hydrogen-bond acceptors (Lipinski definition) is 6. The van der Waals surface area contributed by atoms with E-state index in [1.807, 2.05) is 24.9 Å². The summed E-state index contributed by atoms with van der Waals surface area (Å²) in [6.45, 7) is 7.52. The minimum atomic E-state index is 0.0362. The number of nitrogens with zero attached hydrogens (tertiary/aromatic N) is 3. The van der Waals surface area contributed by atoms with Crippen LogP contribution in [0.2, 0.25) is 0 Å². The Balaban J connectivity index is 1.78. The topological polar surface area (TPSA) is 71.3 Å². The number of carbonyl (C=O) groups excluding carboxylic acids is 1. The van der Waals surface area contributed by atoms with Gasteiger partial charge in [0.25, 0.3) is 11.6 Å². The van der Waals surface area contributed by atoms with Crippen LogP contribution in [0.5, 0.6) is 0 Å². The second-order valence-corrected chi connectivity index (χ2v) is 8.65. The van der Waals surface area contributed by atoms with Crippen molar-refractivity contribution in [3.05, 3.63) is 33.1 Å². The molecule has 1 amide bonds. The summed E-state index contributed by atoms with van der Waals surface area (Å²) in [5.74, 6) is 0.0362. The molecule has 1 N–H and O–H groups in total. The van der Waals surface area contributed by atoms with E-state index in [4.69, 9.17) is 4.52 Å². The number of piperidine rings is 1. The van der Waals surface area contributed by atoms with Crippen molar-refractivity contribution in [2.75, 3.05) is 20.1 Å². The maximum absolute atomic E-state index is 13.3. The number of nitrogens with one attached hydrogen (secondary N) is 1. The molecule has 0 radical (unpaired) electrons. The van der Waals surface area contributed by atoms with Crippen LogP contribution in [-0.4, -0.2) is 47.1 Å². The average molecular weight is 385 g/mol. The molecule has 0 aliphatic carbocycles. The summed E-state index contributed by atoms with van der Waals surface area (Å²) in [7, 11) is 1.98. The molecule has 0 saturated carbocycles. The third-order valence-corrected chi connectivity index (χ3v) is 6.32. The first-order valence-corrected chi connectivity index (χ1v) is 10.1. The van der Waals surface area contributed by atoms with Crippen molar-refractivity contribution in [1.29, 1.82) is 0 Å². The number of thiophene rings is 1. The van der Waals surface area contributed by atoms with Gasteiger partial charge in [0.2, 0.25) is 0 Å². The number of carbonyl (C=O) groups is 1. The van der Waals surface area contributed by atoms with E-state index in [2.05, 4.69) is 35.4 Å². The quantitative estimate of drug-likeness (QED) is 0.745. The first-order valence-electron chi connectivity index (χ1n) is 9.29. The zero-order valence-corrected chi connectivity index (χ0v) is 16.9. The summed E-state index contributed by atoms with van der Waals surface area (Å²) in [5.41, 5.74) is 3.60. The van der Waals surface area contributed by atoms with Crippen LogP contribution in [0.15, 0.2) is 16.7 Å². The van der Waals surface area contributed by atoms with Gasteiger partial charge in [0.1, 0.15) is 0 Å². The number of aryl methyl sites for hydroxylation is 3. The summed E-state index contributed by atoms with van der Waals surface area (Å²) in [6, 6.07) is 4.51. The van der Waals surface area contributed by atoms with Gasteiger partial charge in [-0.25, -0.2) is 4.98 Å². The van der Waals surface area contributed by atoms with E-state index in [0.717, 1.165) is 42.6 Å². The molecule has 1 saturated heterocycles. The van der Waals surface area contributed by atoms with Gasteiger partial charge < -0.3 is 14.7 Å². The van der Waals surface area contributed by atoms with Crippen LogP contribution in [0.3, 0.4) is 0 Å². The van der Waals surface area contributed by atoms with Crippen LogP contribution in [0.4, 0.5) is 0 Å². The highest BCUT2D eigenvalue weighted by molar-refractivity contribution is 7.12. The third kappa shape index (κ3) is 3.26. The Morgan fingerprint density at radius 1 is 1.26 bits per heavy atom. The first-order chi connectivity index (χ1) is 13.0. The van der Waals surface area contributed by atoms with E-state index in [9.17, 15) is 4.79 Å². The summed E-state index contributed by atoms with van der Waals surface area (Å²) >= 11 is 1.73. The lowest BCUT2D eigenvalue weighted by atomic mass is 10.0. The number of pyridine rings is 1. The number of amides is 1. The Kier molecular flexibility index (Phi) is 4.74. The summed E-state index contributed by atoms with van der Waals surface area (Å²) in [6.07, 6.45) is 1.93. The minimum Gasteiger partial charge on any atom is -0.339 e. The molecule has 0 spiro atoms. The Morgan fingerprint density at radius 2 is 2.00 bits per heavy atom. The van der Waals surface area contributed by atoms with Gasteiger partial charge in [-0.1, -0.05) is 5.16 Å². The highest BCUT2D eigenvalue weighted by Gasteiger charge is 2.27. The van der Waals surface area contributed by atoms with Gasteiger partial charge in [0.05, 0.1) is 22.3 Å². The monoisotopic (exact) mass is 384 g/mol. The first kappa shape index (κ1) is 18.1. The standard InChI is InChI=1S/C20H24N4O2S/c1-11-9-15(13(3)27-11)17-10-16(18-12(2)23-26-19(18)22-17)20(25)24-7-5-14(21-4)6-8-24/h9-10,14,21H,5-8H2,1-4H3. The van der Waals surface area contributed by atoms with Crippen LogP contribution < -0.4 is 5.32 Å². The van der Waals surface area contributed by atoms with E-state index in [1.165, 1.54) is 9.75 Å². The molecule has 0 bridgehead atoms. The summed E-state index contributed by atoms with van der Waals surface area (Å²) in [5, 5.41) is 8.09. The van der Waals surface area contributed by atoms with Crippen molar-refractivity contribution in [3.8, 4) is 11.3 Å². The third-order valence-electron chi connectivity index (χ3n) is 5.35. The Morgan fingerprint density at radius 3 is 2.63 bits per heavy atom. The predicted molar refractivity (Wildman–Crippen MR) is 107 cm³/mol. The number of rotatable bonds is 3. The second kappa shape index (κ2) is 7.05. The Hall–Kier alpha value is -2.25.